The monoisotopic (exact) mass is 256 g/mol. The molecule has 0 aromatic rings. The van der Waals surface area contributed by atoms with Crippen LogP contribution in [0.5, 0.6) is 0 Å². The molecule has 1 aliphatic heterocycles. The first-order chi connectivity index (χ1) is 8.67. The van der Waals surface area contributed by atoms with Gasteiger partial charge in [-0.05, 0) is 26.8 Å². The number of rotatable bonds is 9. The van der Waals surface area contributed by atoms with E-state index in [1.165, 1.54) is 32.1 Å². The second kappa shape index (κ2) is 8.89. The van der Waals surface area contributed by atoms with Gasteiger partial charge in [-0.1, -0.05) is 32.6 Å². The fourth-order valence-electron chi connectivity index (χ4n) is 2.53. The molecule has 108 valence electrons. The van der Waals surface area contributed by atoms with E-state index in [0.29, 0.717) is 0 Å². The van der Waals surface area contributed by atoms with Crippen molar-refractivity contribution < 1.29 is 4.74 Å². The van der Waals surface area contributed by atoms with E-state index in [-0.39, 0.29) is 5.54 Å². The molecule has 1 rings (SSSR count). The third-order valence-electron chi connectivity index (χ3n) is 3.88. The van der Waals surface area contributed by atoms with Crippen molar-refractivity contribution in [2.75, 3.05) is 39.4 Å². The zero-order valence-electron chi connectivity index (χ0n) is 12.6. The normalized spacial score (nSPS) is 18.2. The van der Waals surface area contributed by atoms with Gasteiger partial charge in [0.05, 0.1) is 13.2 Å². The van der Waals surface area contributed by atoms with Gasteiger partial charge in [-0.25, -0.2) is 0 Å². The number of hydrogen-bond acceptors (Lipinski definition) is 3. The molecule has 0 bridgehead atoms. The second-order valence-electron chi connectivity index (χ2n) is 6.00. The molecule has 1 aliphatic rings. The van der Waals surface area contributed by atoms with Crippen LogP contribution in [0, 0.1) is 0 Å². The van der Waals surface area contributed by atoms with Gasteiger partial charge in [-0.3, -0.25) is 4.90 Å². The van der Waals surface area contributed by atoms with Crippen LogP contribution in [0.4, 0.5) is 0 Å². The zero-order valence-corrected chi connectivity index (χ0v) is 12.6. The lowest BCUT2D eigenvalue weighted by molar-refractivity contribution is -0.00953. The minimum atomic E-state index is 0.257. The van der Waals surface area contributed by atoms with E-state index in [4.69, 9.17) is 4.74 Å². The molecule has 3 nitrogen and oxygen atoms in total. The van der Waals surface area contributed by atoms with Crippen LogP contribution in [0.15, 0.2) is 0 Å². The fraction of sp³-hybridized carbons (Fsp3) is 1.00. The highest BCUT2D eigenvalue weighted by atomic mass is 16.5. The molecule has 0 saturated carbocycles. The largest absolute Gasteiger partial charge is 0.379 e. The van der Waals surface area contributed by atoms with Crippen molar-refractivity contribution in [3.63, 3.8) is 0 Å². The molecule has 1 saturated heterocycles. The Morgan fingerprint density at radius 2 is 1.72 bits per heavy atom. The van der Waals surface area contributed by atoms with Gasteiger partial charge >= 0.3 is 0 Å². The van der Waals surface area contributed by atoms with E-state index >= 15 is 0 Å². The lowest BCUT2D eigenvalue weighted by Crippen LogP contribution is -2.54. The Bertz CT molecular complexity index is 201. The van der Waals surface area contributed by atoms with Crippen LogP contribution in [0.1, 0.15) is 52.9 Å². The summed E-state index contributed by atoms with van der Waals surface area (Å²) >= 11 is 0. The molecule has 0 aliphatic carbocycles. The Morgan fingerprint density at radius 3 is 2.39 bits per heavy atom. The summed E-state index contributed by atoms with van der Waals surface area (Å²) in [5.74, 6) is 0. The molecule has 3 heteroatoms. The lowest BCUT2D eigenvalue weighted by Gasteiger charge is -2.41. The molecule has 0 amide bonds. The van der Waals surface area contributed by atoms with Crippen LogP contribution in [-0.2, 0) is 4.74 Å². The van der Waals surface area contributed by atoms with Gasteiger partial charge in [-0.15, -0.1) is 0 Å². The Labute approximate surface area is 113 Å². The third-order valence-corrected chi connectivity index (χ3v) is 3.88. The van der Waals surface area contributed by atoms with Gasteiger partial charge < -0.3 is 10.1 Å². The van der Waals surface area contributed by atoms with Gasteiger partial charge in [0.1, 0.15) is 0 Å². The summed E-state index contributed by atoms with van der Waals surface area (Å²) < 4.78 is 5.41. The smallest absolute Gasteiger partial charge is 0.0594 e. The molecule has 0 aromatic carbocycles. The summed E-state index contributed by atoms with van der Waals surface area (Å²) in [4.78, 5) is 2.54. The van der Waals surface area contributed by atoms with E-state index in [1.54, 1.807) is 0 Å². The topological polar surface area (TPSA) is 24.5 Å². The minimum Gasteiger partial charge on any atom is -0.379 e. The van der Waals surface area contributed by atoms with E-state index in [9.17, 15) is 0 Å². The maximum absolute atomic E-state index is 5.41. The van der Waals surface area contributed by atoms with Crippen LogP contribution in [0.25, 0.3) is 0 Å². The Kier molecular flexibility index (Phi) is 7.87. The van der Waals surface area contributed by atoms with Crippen LogP contribution in [0.3, 0.4) is 0 Å². The quantitative estimate of drug-likeness (QED) is 0.642. The van der Waals surface area contributed by atoms with Gasteiger partial charge in [-0.2, -0.15) is 0 Å². The van der Waals surface area contributed by atoms with Crippen LogP contribution < -0.4 is 5.32 Å². The van der Waals surface area contributed by atoms with Crippen molar-refractivity contribution in [2.45, 2.75) is 58.4 Å². The highest BCUT2D eigenvalue weighted by Gasteiger charge is 2.27. The van der Waals surface area contributed by atoms with Crippen LogP contribution >= 0.6 is 0 Å². The predicted octanol–water partition coefficient (Wildman–Crippen LogP) is 2.66. The molecule has 0 unspecified atom stereocenters. The van der Waals surface area contributed by atoms with Crippen molar-refractivity contribution in [3.05, 3.63) is 0 Å². The summed E-state index contributed by atoms with van der Waals surface area (Å²) in [5.41, 5.74) is 0.257. The molecule has 0 atom stereocenters. The number of ether oxygens (including phenoxy) is 1. The lowest BCUT2D eigenvalue weighted by atomic mass is 10.0. The average Bonchev–Trinajstić information content (AvgIpc) is 2.39. The maximum atomic E-state index is 5.41. The highest BCUT2D eigenvalue weighted by Crippen LogP contribution is 2.15. The van der Waals surface area contributed by atoms with E-state index in [1.807, 2.05) is 0 Å². The molecule has 1 heterocycles. The van der Waals surface area contributed by atoms with E-state index in [2.05, 4.69) is 31.0 Å². The van der Waals surface area contributed by atoms with E-state index in [0.717, 1.165) is 39.4 Å². The summed E-state index contributed by atoms with van der Waals surface area (Å²) in [6.07, 6.45) is 6.81. The van der Waals surface area contributed by atoms with Crippen molar-refractivity contribution >= 4 is 0 Å². The predicted molar refractivity (Wildman–Crippen MR) is 78.1 cm³/mol. The molecule has 1 fully saturated rings. The van der Waals surface area contributed by atoms with Gasteiger partial charge in [0.25, 0.3) is 0 Å². The SMILES string of the molecule is CCCCCCCNCC(C)(C)N1CCOCC1. The second-order valence-corrected chi connectivity index (χ2v) is 6.00. The number of hydrogen-bond donors (Lipinski definition) is 1. The Balaban J connectivity index is 2.05. The van der Waals surface area contributed by atoms with Crippen molar-refractivity contribution in [2.24, 2.45) is 0 Å². The summed E-state index contributed by atoms with van der Waals surface area (Å²) in [5, 5.41) is 3.62. The first-order valence-corrected chi connectivity index (χ1v) is 7.70. The molecular formula is C15H32N2O. The number of nitrogens with zero attached hydrogens (tertiary/aromatic N) is 1. The highest BCUT2D eigenvalue weighted by molar-refractivity contribution is 4.85. The number of unbranched alkanes of at least 4 members (excludes halogenated alkanes) is 4. The van der Waals surface area contributed by atoms with E-state index < -0.39 is 0 Å². The number of morpholine rings is 1. The van der Waals surface area contributed by atoms with Crippen molar-refractivity contribution in [3.8, 4) is 0 Å². The molecule has 0 spiro atoms. The van der Waals surface area contributed by atoms with Gasteiger partial charge in [0.2, 0.25) is 0 Å². The molecule has 1 N–H and O–H groups in total. The first-order valence-electron chi connectivity index (χ1n) is 7.70. The average molecular weight is 256 g/mol. The minimum absolute atomic E-state index is 0.257. The molecule has 0 aromatic heterocycles. The fourth-order valence-corrected chi connectivity index (χ4v) is 2.53. The summed E-state index contributed by atoms with van der Waals surface area (Å²) in [7, 11) is 0. The maximum Gasteiger partial charge on any atom is 0.0594 e. The zero-order chi connectivity index (χ0) is 13.3. The van der Waals surface area contributed by atoms with Crippen LogP contribution in [-0.4, -0.2) is 49.8 Å². The summed E-state index contributed by atoms with van der Waals surface area (Å²) in [6, 6.07) is 0. The van der Waals surface area contributed by atoms with Gasteiger partial charge in [0.15, 0.2) is 0 Å². The molecule has 0 radical (unpaired) electrons. The number of nitrogens with one attached hydrogen (secondary N) is 1. The Morgan fingerprint density at radius 1 is 1.06 bits per heavy atom. The van der Waals surface area contributed by atoms with Crippen LogP contribution in [0.2, 0.25) is 0 Å². The van der Waals surface area contributed by atoms with Crippen molar-refractivity contribution in [1.82, 2.24) is 10.2 Å². The Hall–Kier alpha value is -0.120. The molecule has 18 heavy (non-hydrogen) atoms. The van der Waals surface area contributed by atoms with Crippen molar-refractivity contribution in [1.29, 1.82) is 0 Å². The molecular weight excluding hydrogens is 224 g/mol. The third kappa shape index (κ3) is 6.17. The van der Waals surface area contributed by atoms with Gasteiger partial charge in [0, 0.05) is 25.2 Å². The first kappa shape index (κ1) is 15.9. The summed E-state index contributed by atoms with van der Waals surface area (Å²) in [6.45, 7) is 13.1. The standard InChI is InChI=1S/C15H32N2O/c1-4-5-6-7-8-9-16-14-15(2,3)17-10-12-18-13-11-17/h16H,4-14H2,1-3H3.